The van der Waals surface area contributed by atoms with Gasteiger partial charge in [0, 0.05) is 0 Å². The van der Waals surface area contributed by atoms with Crippen molar-refractivity contribution in [2.45, 2.75) is 96.6 Å². The van der Waals surface area contributed by atoms with Gasteiger partial charge in [-0.25, -0.2) is 39.1 Å². The first-order valence-electron chi connectivity index (χ1n) is 11.6. The monoisotopic (exact) mass is 444 g/mol. The lowest BCUT2D eigenvalue weighted by molar-refractivity contribution is 0.226. The summed E-state index contributed by atoms with van der Waals surface area (Å²) in [5.74, 6) is 1.60. The fourth-order valence-electron chi connectivity index (χ4n) is 4.65. The van der Waals surface area contributed by atoms with Crippen LogP contribution in [0, 0.1) is 17.3 Å². The number of carbonyl (C=O) groups excluding carboxylic acids is 4. The van der Waals surface area contributed by atoms with Crippen molar-refractivity contribution in [2.24, 2.45) is 37.2 Å². The Kier molecular flexibility index (Phi) is 13.9. The van der Waals surface area contributed by atoms with E-state index in [9.17, 15) is 19.2 Å². The molecule has 0 aromatic rings. The Morgan fingerprint density at radius 3 is 1.56 bits per heavy atom. The minimum absolute atomic E-state index is 0.0180. The molecule has 2 rings (SSSR count). The summed E-state index contributed by atoms with van der Waals surface area (Å²) in [7, 11) is 0. The van der Waals surface area contributed by atoms with Crippen LogP contribution in [0.4, 0.5) is 0 Å². The molecule has 0 aromatic heterocycles. The molecule has 0 atom stereocenters. The molecular formula is C24H36N4O4. The van der Waals surface area contributed by atoms with Crippen molar-refractivity contribution >= 4 is 24.3 Å². The van der Waals surface area contributed by atoms with Crippen LogP contribution in [-0.4, -0.2) is 49.5 Å². The Balaban J connectivity index is 0.000000347. The number of hydrogen-bond donors (Lipinski definition) is 0. The summed E-state index contributed by atoms with van der Waals surface area (Å²) in [4.78, 5) is 54.7. The molecule has 0 spiro atoms. The normalized spacial score (nSPS) is 24.8. The zero-order valence-electron chi connectivity index (χ0n) is 19.4. The van der Waals surface area contributed by atoms with Gasteiger partial charge in [-0.2, -0.15) is 0 Å². The Hall–Kier alpha value is -2.48. The van der Waals surface area contributed by atoms with E-state index in [1.165, 1.54) is 44.3 Å². The van der Waals surface area contributed by atoms with Gasteiger partial charge in [0.1, 0.15) is 0 Å². The third-order valence-electron chi connectivity index (χ3n) is 6.53. The second-order valence-corrected chi connectivity index (χ2v) is 9.67. The van der Waals surface area contributed by atoms with Crippen molar-refractivity contribution in [1.82, 2.24) is 0 Å². The molecule has 176 valence electrons. The standard InChI is InChI=1S/C15H22N2O2.C9H14N2O2/c18-10-16-14-5-1-12(2-6-14)9-13-3-7-15(8-4-13)17-11-19;1-9(2,6-11-8-13)4-3-5-10-7-12/h12-15H,1-9H2;3-6H2,1-2H3. The maximum absolute atomic E-state index is 10.2. The Morgan fingerprint density at radius 1 is 0.688 bits per heavy atom. The van der Waals surface area contributed by atoms with Gasteiger partial charge >= 0.3 is 0 Å². The molecule has 0 aliphatic heterocycles. The third kappa shape index (κ3) is 12.4. The van der Waals surface area contributed by atoms with Crippen LogP contribution in [0.1, 0.15) is 84.5 Å². The average molecular weight is 445 g/mol. The van der Waals surface area contributed by atoms with E-state index in [-0.39, 0.29) is 17.5 Å². The first-order chi connectivity index (χ1) is 15.4. The van der Waals surface area contributed by atoms with E-state index in [0.717, 1.165) is 50.4 Å². The maximum Gasteiger partial charge on any atom is 0.235 e. The molecule has 0 unspecified atom stereocenters. The summed E-state index contributed by atoms with van der Waals surface area (Å²) in [5, 5.41) is 0. The highest BCUT2D eigenvalue weighted by Crippen LogP contribution is 2.36. The lowest BCUT2D eigenvalue weighted by Gasteiger charge is -2.31. The molecule has 0 bridgehead atoms. The fraction of sp³-hybridized carbons (Fsp3) is 0.833. The van der Waals surface area contributed by atoms with E-state index in [2.05, 4.69) is 20.0 Å². The van der Waals surface area contributed by atoms with E-state index in [1.54, 1.807) is 12.2 Å². The van der Waals surface area contributed by atoms with Gasteiger partial charge in [-0.1, -0.05) is 13.8 Å². The zero-order chi connectivity index (χ0) is 23.7. The first kappa shape index (κ1) is 27.6. The lowest BCUT2D eigenvalue weighted by Crippen LogP contribution is -2.23. The predicted molar refractivity (Wildman–Crippen MR) is 121 cm³/mol. The molecule has 2 aliphatic carbocycles. The molecule has 0 N–H and O–H groups in total. The largest absolute Gasteiger partial charge is 0.235 e. The van der Waals surface area contributed by atoms with Gasteiger partial charge in [-0.3, -0.25) is 0 Å². The molecule has 32 heavy (non-hydrogen) atoms. The van der Waals surface area contributed by atoms with E-state index in [4.69, 9.17) is 0 Å². The van der Waals surface area contributed by atoms with Crippen LogP contribution in [0.2, 0.25) is 0 Å². The number of nitrogens with zero attached hydrogens (tertiary/aromatic N) is 4. The molecule has 8 heteroatoms. The van der Waals surface area contributed by atoms with E-state index in [0.29, 0.717) is 13.1 Å². The van der Waals surface area contributed by atoms with Crippen molar-refractivity contribution < 1.29 is 19.2 Å². The highest BCUT2D eigenvalue weighted by atomic mass is 16.1. The topological polar surface area (TPSA) is 118 Å². The van der Waals surface area contributed by atoms with Gasteiger partial charge in [0.05, 0.1) is 25.2 Å². The van der Waals surface area contributed by atoms with Gasteiger partial charge in [0.25, 0.3) is 0 Å². The second kappa shape index (κ2) is 16.2. The molecule has 8 nitrogen and oxygen atoms in total. The SMILES string of the molecule is CC(C)(CCCN=C=O)CN=C=O.O=C=NC1CCC(CC2CCC(N=C=O)CC2)CC1. The van der Waals surface area contributed by atoms with Crippen molar-refractivity contribution in [1.29, 1.82) is 0 Å². The number of isocyanates is 4. The van der Waals surface area contributed by atoms with Crippen LogP contribution in [0.5, 0.6) is 0 Å². The first-order valence-corrected chi connectivity index (χ1v) is 11.6. The Morgan fingerprint density at radius 2 is 1.16 bits per heavy atom. The zero-order valence-corrected chi connectivity index (χ0v) is 19.4. The van der Waals surface area contributed by atoms with E-state index in [1.807, 2.05) is 13.8 Å². The highest BCUT2D eigenvalue weighted by molar-refractivity contribution is 5.34. The molecule has 2 saturated carbocycles. The second-order valence-electron chi connectivity index (χ2n) is 9.67. The Bertz CT molecular complexity index is 691. The maximum atomic E-state index is 10.2. The molecular weight excluding hydrogens is 408 g/mol. The van der Waals surface area contributed by atoms with Crippen molar-refractivity contribution in [3.8, 4) is 0 Å². The van der Waals surface area contributed by atoms with Crippen LogP contribution in [0.3, 0.4) is 0 Å². The van der Waals surface area contributed by atoms with Crippen LogP contribution in [-0.2, 0) is 19.2 Å². The molecule has 2 fully saturated rings. The summed E-state index contributed by atoms with van der Waals surface area (Å²) < 4.78 is 0. The molecule has 0 heterocycles. The van der Waals surface area contributed by atoms with E-state index >= 15 is 0 Å². The smallest absolute Gasteiger partial charge is 0.211 e. The summed E-state index contributed by atoms with van der Waals surface area (Å²) in [6.07, 6.45) is 18.3. The fourth-order valence-corrected chi connectivity index (χ4v) is 4.65. The quantitative estimate of drug-likeness (QED) is 0.277. The van der Waals surface area contributed by atoms with Crippen LogP contribution in [0.25, 0.3) is 0 Å². The molecule has 0 saturated heterocycles. The molecule has 0 radical (unpaired) electrons. The molecule has 2 aliphatic rings. The summed E-state index contributed by atoms with van der Waals surface area (Å²) >= 11 is 0. The van der Waals surface area contributed by atoms with Crippen LogP contribution >= 0.6 is 0 Å². The number of rotatable bonds is 10. The lowest BCUT2D eigenvalue weighted by atomic mass is 9.76. The molecule has 0 aromatic carbocycles. The van der Waals surface area contributed by atoms with Gasteiger partial charge < -0.3 is 0 Å². The predicted octanol–water partition coefficient (Wildman–Crippen LogP) is 4.63. The average Bonchev–Trinajstić information content (AvgIpc) is 2.79. The van der Waals surface area contributed by atoms with Crippen LogP contribution < -0.4 is 0 Å². The van der Waals surface area contributed by atoms with Crippen molar-refractivity contribution in [2.75, 3.05) is 13.1 Å². The van der Waals surface area contributed by atoms with Crippen molar-refractivity contribution in [3.63, 3.8) is 0 Å². The Labute approximate surface area is 190 Å². The summed E-state index contributed by atoms with van der Waals surface area (Å²) in [5.41, 5.74) is -0.0180. The summed E-state index contributed by atoms with van der Waals surface area (Å²) in [6, 6.07) is 0.456. The van der Waals surface area contributed by atoms with Crippen LogP contribution in [0.15, 0.2) is 20.0 Å². The van der Waals surface area contributed by atoms with Gasteiger partial charge in [-0.05, 0) is 87.9 Å². The van der Waals surface area contributed by atoms with Gasteiger partial charge in [0.15, 0.2) is 0 Å². The van der Waals surface area contributed by atoms with Gasteiger partial charge in [0.2, 0.25) is 24.3 Å². The summed E-state index contributed by atoms with van der Waals surface area (Å²) in [6.45, 7) is 5.00. The number of hydrogen-bond acceptors (Lipinski definition) is 8. The third-order valence-corrected chi connectivity index (χ3v) is 6.53. The molecule has 0 amide bonds. The number of aliphatic imine (C=N–C) groups is 4. The minimum Gasteiger partial charge on any atom is -0.211 e. The minimum atomic E-state index is -0.0180. The highest BCUT2D eigenvalue weighted by Gasteiger charge is 2.26. The van der Waals surface area contributed by atoms with Gasteiger partial charge in [-0.15, -0.1) is 0 Å². The van der Waals surface area contributed by atoms with E-state index < -0.39 is 0 Å². The van der Waals surface area contributed by atoms with Crippen molar-refractivity contribution in [3.05, 3.63) is 0 Å².